The van der Waals surface area contributed by atoms with Crippen LogP contribution in [0.3, 0.4) is 0 Å². The van der Waals surface area contributed by atoms with Gasteiger partial charge in [0.25, 0.3) is 0 Å². The minimum absolute atomic E-state index is 0.218. The normalized spacial score (nSPS) is 17.2. The van der Waals surface area contributed by atoms with Crippen molar-refractivity contribution in [3.63, 3.8) is 0 Å². The summed E-state index contributed by atoms with van der Waals surface area (Å²) in [5.41, 5.74) is 9.36. The maximum atomic E-state index is 11.1. The van der Waals surface area contributed by atoms with Crippen molar-refractivity contribution < 1.29 is 15.0 Å². The highest BCUT2D eigenvalue weighted by Gasteiger charge is 2.17. The van der Waals surface area contributed by atoms with E-state index in [-0.39, 0.29) is 6.42 Å². The zero-order valence-corrected chi connectivity index (χ0v) is 25.5. The number of aliphatic carboxylic acids is 1. The lowest BCUT2D eigenvalue weighted by Crippen LogP contribution is -2.01. The highest BCUT2D eigenvalue weighted by Crippen LogP contribution is 2.36. The fourth-order valence-electron chi connectivity index (χ4n) is 6.58. The van der Waals surface area contributed by atoms with E-state index < -0.39 is 12.1 Å². The van der Waals surface area contributed by atoms with Gasteiger partial charge in [-0.3, -0.25) is 9.78 Å². The van der Waals surface area contributed by atoms with Crippen LogP contribution in [0.2, 0.25) is 0 Å². The summed E-state index contributed by atoms with van der Waals surface area (Å²) in [5, 5.41) is 21.1. The summed E-state index contributed by atoms with van der Waals surface area (Å²) in [5.74, 6) is -0.178. The summed E-state index contributed by atoms with van der Waals surface area (Å²) >= 11 is 0. The second-order valence-electron chi connectivity index (χ2n) is 12.2. The predicted octanol–water partition coefficient (Wildman–Crippen LogP) is 9.89. The highest BCUT2D eigenvalue weighted by atomic mass is 16.4. The summed E-state index contributed by atoms with van der Waals surface area (Å²) in [6.07, 6.45) is 13.2. The molecule has 2 unspecified atom stereocenters. The van der Waals surface area contributed by atoms with Gasteiger partial charge in [0.05, 0.1) is 11.6 Å². The van der Waals surface area contributed by atoms with Crippen LogP contribution in [0.15, 0.2) is 90.5 Å². The summed E-state index contributed by atoms with van der Waals surface area (Å²) < 4.78 is 0. The molecular weight excluding hydrogens is 530 g/mol. The Morgan fingerprint density at radius 1 is 0.930 bits per heavy atom. The van der Waals surface area contributed by atoms with Crippen molar-refractivity contribution in [2.24, 2.45) is 0 Å². The van der Waals surface area contributed by atoms with Gasteiger partial charge >= 0.3 is 5.97 Å². The van der Waals surface area contributed by atoms with Crippen LogP contribution in [-0.2, 0) is 11.2 Å². The Hall–Kier alpha value is -3.76. The third-order valence-corrected chi connectivity index (χ3v) is 8.99. The number of unbranched alkanes of at least 4 members (excludes halogenated alkanes) is 2. The number of carbonyl (C=O) groups is 1. The van der Waals surface area contributed by atoms with Gasteiger partial charge in [0.2, 0.25) is 0 Å². The van der Waals surface area contributed by atoms with Crippen molar-refractivity contribution in [3.05, 3.63) is 113 Å². The Labute approximate surface area is 256 Å². The first-order valence-electron chi connectivity index (χ1n) is 16.1. The standard InChI is InChI=1S/C39H45NO3/c1-28-26-36(38(41)16-7-3-6-12-29-10-4-2-5-11-29)35-25-24-34(27-37(35)40-28)33-22-20-32(21-23-33)31-15-8-13-30(18-19-31)14-9-17-39(42)43/h2,4-5,10-11,14,20-27,31,38,41H,3,6-9,12-13,15-19H2,1H3,(H,42,43). The first-order chi connectivity index (χ1) is 21.0. The number of nitrogens with zero attached hydrogens (tertiary/aromatic N) is 1. The zero-order chi connectivity index (χ0) is 30.0. The second-order valence-corrected chi connectivity index (χ2v) is 12.2. The number of pyridine rings is 1. The number of carboxylic acid groups (broad SMARTS) is 1. The predicted molar refractivity (Wildman–Crippen MR) is 176 cm³/mol. The summed E-state index contributed by atoms with van der Waals surface area (Å²) in [6, 6.07) is 28.1. The Kier molecular flexibility index (Phi) is 10.8. The maximum absolute atomic E-state index is 11.1. The van der Waals surface area contributed by atoms with Crippen molar-refractivity contribution >= 4 is 16.9 Å². The van der Waals surface area contributed by atoms with E-state index in [9.17, 15) is 9.90 Å². The number of carboxylic acids is 1. The van der Waals surface area contributed by atoms with E-state index in [0.717, 1.165) is 85.5 Å². The Bertz CT molecular complexity index is 1520. The number of aliphatic hydroxyl groups is 1. The van der Waals surface area contributed by atoms with Gasteiger partial charge in [-0.2, -0.15) is 0 Å². The largest absolute Gasteiger partial charge is 0.481 e. The van der Waals surface area contributed by atoms with E-state index in [1.165, 1.54) is 28.7 Å². The fourth-order valence-corrected chi connectivity index (χ4v) is 6.58. The molecule has 1 fully saturated rings. The SMILES string of the molecule is Cc1cc(C(O)CCCCCc2ccccc2)c2ccc(-c3ccc(C4CCCC(=CCCC(=O)O)CC4)cc3)cc2n1. The molecule has 43 heavy (non-hydrogen) atoms. The first kappa shape index (κ1) is 30.7. The first-order valence-corrected chi connectivity index (χ1v) is 16.1. The monoisotopic (exact) mass is 575 g/mol. The Morgan fingerprint density at radius 3 is 2.51 bits per heavy atom. The van der Waals surface area contributed by atoms with E-state index >= 15 is 0 Å². The zero-order valence-electron chi connectivity index (χ0n) is 25.5. The van der Waals surface area contributed by atoms with Crippen LogP contribution >= 0.6 is 0 Å². The van der Waals surface area contributed by atoms with Gasteiger partial charge < -0.3 is 10.2 Å². The van der Waals surface area contributed by atoms with E-state index in [1.807, 2.05) is 13.0 Å². The molecule has 0 bridgehead atoms. The molecule has 0 radical (unpaired) electrons. The average molecular weight is 576 g/mol. The Morgan fingerprint density at radius 2 is 1.72 bits per heavy atom. The number of rotatable bonds is 12. The van der Waals surface area contributed by atoms with Crippen LogP contribution in [0.1, 0.15) is 105 Å². The number of aromatic nitrogens is 1. The lowest BCUT2D eigenvalue weighted by Gasteiger charge is -2.16. The molecule has 0 aliphatic heterocycles. The van der Waals surface area contributed by atoms with Gasteiger partial charge in [-0.05, 0) is 111 Å². The van der Waals surface area contributed by atoms with Gasteiger partial charge in [-0.25, -0.2) is 0 Å². The van der Waals surface area contributed by atoms with Crippen molar-refractivity contribution in [1.29, 1.82) is 0 Å². The molecular formula is C39H45NO3. The summed E-state index contributed by atoms with van der Waals surface area (Å²) in [4.78, 5) is 15.7. The topological polar surface area (TPSA) is 70.4 Å². The summed E-state index contributed by atoms with van der Waals surface area (Å²) in [7, 11) is 0. The molecule has 0 amide bonds. The number of benzene rings is 3. The van der Waals surface area contributed by atoms with E-state index in [0.29, 0.717) is 12.3 Å². The van der Waals surface area contributed by atoms with Crippen LogP contribution in [0.25, 0.3) is 22.0 Å². The molecule has 4 aromatic rings. The average Bonchev–Trinajstić information content (AvgIpc) is 3.26. The minimum atomic E-state index is -0.723. The van der Waals surface area contributed by atoms with Crippen LogP contribution in [0.5, 0.6) is 0 Å². The Balaban J connectivity index is 1.21. The van der Waals surface area contributed by atoms with Crippen molar-refractivity contribution in [2.75, 3.05) is 0 Å². The second kappa shape index (κ2) is 15.1. The smallest absolute Gasteiger partial charge is 0.303 e. The molecule has 3 aromatic carbocycles. The lowest BCUT2D eigenvalue weighted by molar-refractivity contribution is -0.136. The number of aliphatic hydroxyl groups excluding tert-OH is 1. The molecule has 0 spiro atoms. The molecule has 1 saturated carbocycles. The molecule has 224 valence electrons. The van der Waals surface area contributed by atoms with E-state index in [4.69, 9.17) is 10.1 Å². The fraction of sp³-hybridized carbons (Fsp3) is 0.385. The third-order valence-electron chi connectivity index (χ3n) is 8.99. The molecule has 0 saturated heterocycles. The number of hydrogen-bond donors (Lipinski definition) is 2. The number of aryl methyl sites for hydroxylation is 2. The van der Waals surface area contributed by atoms with E-state index in [1.54, 1.807) is 0 Å². The molecule has 1 aromatic heterocycles. The van der Waals surface area contributed by atoms with Crippen molar-refractivity contribution in [2.45, 2.75) is 96.0 Å². The molecule has 4 heteroatoms. The van der Waals surface area contributed by atoms with Crippen molar-refractivity contribution in [1.82, 2.24) is 4.98 Å². The van der Waals surface area contributed by atoms with Crippen LogP contribution in [0, 0.1) is 6.92 Å². The molecule has 4 nitrogen and oxygen atoms in total. The third kappa shape index (κ3) is 8.64. The van der Waals surface area contributed by atoms with Gasteiger partial charge in [0, 0.05) is 17.5 Å². The molecule has 5 rings (SSSR count). The molecule has 1 aliphatic rings. The molecule has 2 N–H and O–H groups in total. The number of allylic oxidation sites excluding steroid dienone is 2. The van der Waals surface area contributed by atoms with Crippen LogP contribution in [0.4, 0.5) is 0 Å². The van der Waals surface area contributed by atoms with Gasteiger partial charge in [0.1, 0.15) is 0 Å². The number of fused-ring (bicyclic) bond motifs is 1. The lowest BCUT2D eigenvalue weighted by atomic mass is 9.90. The minimum Gasteiger partial charge on any atom is -0.481 e. The van der Waals surface area contributed by atoms with Crippen LogP contribution in [-0.4, -0.2) is 21.2 Å². The van der Waals surface area contributed by atoms with Gasteiger partial charge in [0.15, 0.2) is 0 Å². The highest BCUT2D eigenvalue weighted by molar-refractivity contribution is 5.87. The van der Waals surface area contributed by atoms with Crippen molar-refractivity contribution in [3.8, 4) is 11.1 Å². The van der Waals surface area contributed by atoms with Gasteiger partial charge in [-0.15, -0.1) is 0 Å². The molecule has 1 aliphatic carbocycles. The maximum Gasteiger partial charge on any atom is 0.303 e. The van der Waals surface area contributed by atoms with Gasteiger partial charge in [-0.1, -0.05) is 91.2 Å². The molecule has 2 atom stereocenters. The quantitative estimate of drug-likeness (QED) is 0.100. The number of hydrogen-bond acceptors (Lipinski definition) is 3. The molecule has 1 heterocycles. The van der Waals surface area contributed by atoms with E-state index in [2.05, 4.69) is 78.9 Å². The summed E-state index contributed by atoms with van der Waals surface area (Å²) in [6.45, 7) is 2.01. The van der Waals surface area contributed by atoms with Crippen LogP contribution < -0.4 is 0 Å².